The highest BCUT2D eigenvalue weighted by molar-refractivity contribution is 5.85. The van der Waals surface area contributed by atoms with Gasteiger partial charge in [-0.2, -0.15) is 0 Å². The first-order valence-corrected chi connectivity index (χ1v) is 6.24. The number of carbonyl (C=O) groups is 1. The Morgan fingerprint density at radius 3 is 3.21 bits per heavy atom. The fourth-order valence-corrected chi connectivity index (χ4v) is 2.05. The molecule has 0 aromatic heterocycles. The van der Waals surface area contributed by atoms with Gasteiger partial charge >= 0.3 is 0 Å². The number of nitrogens with zero attached hydrogens (tertiary/aromatic N) is 1. The molecule has 0 aliphatic carbocycles. The molecule has 19 heavy (non-hydrogen) atoms. The van der Waals surface area contributed by atoms with Crippen LogP contribution in [0.25, 0.3) is 0 Å². The van der Waals surface area contributed by atoms with Crippen molar-refractivity contribution >= 4 is 17.3 Å². The van der Waals surface area contributed by atoms with Crippen LogP contribution in [0, 0.1) is 0 Å². The number of rotatable bonds is 5. The van der Waals surface area contributed by atoms with Crippen LogP contribution >= 0.6 is 0 Å². The molecule has 6 nitrogen and oxygen atoms in total. The van der Waals surface area contributed by atoms with Crippen LogP contribution in [0.5, 0.6) is 5.75 Å². The van der Waals surface area contributed by atoms with E-state index in [0.717, 1.165) is 11.4 Å². The number of anilines is 2. The molecule has 0 saturated carbocycles. The topological polar surface area (TPSA) is 76.8 Å². The van der Waals surface area contributed by atoms with Gasteiger partial charge < -0.3 is 25.4 Å². The summed E-state index contributed by atoms with van der Waals surface area (Å²) in [6.07, 6.45) is 0. The number of para-hydroxylation sites is 1. The Morgan fingerprint density at radius 1 is 1.58 bits per heavy atom. The van der Waals surface area contributed by atoms with Crippen LogP contribution in [-0.4, -0.2) is 45.9 Å². The van der Waals surface area contributed by atoms with Crippen LogP contribution < -0.4 is 20.7 Å². The number of methoxy groups -OCH3 is 1. The molecule has 1 heterocycles. The van der Waals surface area contributed by atoms with E-state index in [4.69, 9.17) is 15.2 Å². The van der Waals surface area contributed by atoms with Crippen LogP contribution in [-0.2, 0) is 9.53 Å². The number of fused-ring (bicyclic) bond motifs is 1. The lowest BCUT2D eigenvalue weighted by Crippen LogP contribution is -2.42. The second-order valence-corrected chi connectivity index (χ2v) is 4.31. The van der Waals surface area contributed by atoms with Crippen molar-refractivity contribution in [3.05, 3.63) is 18.2 Å². The monoisotopic (exact) mass is 265 g/mol. The first kappa shape index (κ1) is 13.5. The first-order chi connectivity index (χ1) is 9.22. The van der Waals surface area contributed by atoms with E-state index in [9.17, 15) is 4.79 Å². The maximum atomic E-state index is 11.8. The molecule has 1 aromatic carbocycles. The third-order valence-corrected chi connectivity index (χ3v) is 2.93. The van der Waals surface area contributed by atoms with Crippen LogP contribution in [0.2, 0.25) is 0 Å². The summed E-state index contributed by atoms with van der Waals surface area (Å²) in [4.78, 5) is 13.8. The van der Waals surface area contributed by atoms with Crippen molar-refractivity contribution in [2.75, 3.05) is 50.6 Å². The summed E-state index contributed by atoms with van der Waals surface area (Å²) in [6.45, 7) is 2.50. The van der Waals surface area contributed by atoms with Gasteiger partial charge in [0, 0.05) is 13.7 Å². The molecule has 0 bridgehead atoms. The summed E-state index contributed by atoms with van der Waals surface area (Å²) in [6, 6.07) is 5.51. The van der Waals surface area contributed by atoms with Gasteiger partial charge in [0.2, 0.25) is 5.91 Å². The van der Waals surface area contributed by atoms with Crippen molar-refractivity contribution in [3.8, 4) is 5.75 Å². The van der Waals surface area contributed by atoms with E-state index in [0.29, 0.717) is 32.0 Å². The largest absolute Gasteiger partial charge is 0.489 e. The second-order valence-electron chi connectivity index (χ2n) is 4.31. The lowest BCUT2D eigenvalue weighted by atomic mass is 10.2. The number of nitrogens with two attached hydrogens (primary N) is 1. The summed E-state index contributed by atoms with van der Waals surface area (Å²) in [5, 5.41) is 2.79. The Balaban J connectivity index is 2.01. The van der Waals surface area contributed by atoms with Crippen molar-refractivity contribution in [3.63, 3.8) is 0 Å². The summed E-state index contributed by atoms with van der Waals surface area (Å²) < 4.78 is 10.4. The molecule has 0 spiro atoms. The van der Waals surface area contributed by atoms with E-state index in [1.54, 1.807) is 7.11 Å². The van der Waals surface area contributed by atoms with E-state index >= 15 is 0 Å². The second kappa shape index (κ2) is 6.29. The normalized spacial score (nSPS) is 13.6. The van der Waals surface area contributed by atoms with Gasteiger partial charge in [0.15, 0.2) is 0 Å². The number of benzene rings is 1. The Bertz CT molecular complexity index is 451. The zero-order valence-corrected chi connectivity index (χ0v) is 11.0. The molecule has 0 radical (unpaired) electrons. The molecular formula is C13H19N3O3. The number of carbonyl (C=O) groups excluding carboxylic acids is 1. The zero-order chi connectivity index (χ0) is 13.7. The van der Waals surface area contributed by atoms with Crippen molar-refractivity contribution in [2.24, 2.45) is 0 Å². The summed E-state index contributed by atoms with van der Waals surface area (Å²) in [7, 11) is 1.60. The van der Waals surface area contributed by atoms with Gasteiger partial charge in [0.25, 0.3) is 0 Å². The third-order valence-electron chi connectivity index (χ3n) is 2.93. The van der Waals surface area contributed by atoms with Crippen LogP contribution in [0.3, 0.4) is 0 Å². The maximum Gasteiger partial charge on any atom is 0.239 e. The average Bonchev–Trinajstić information content (AvgIpc) is 2.39. The fraction of sp³-hybridized carbons (Fsp3) is 0.462. The molecular weight excluding hydrogens is 246 g/mol. The molecule has 0 fully saturated rings. The maximum absolute atomic E-state index is 11.8. The number of amides is 1. The van der Waals surface area contributed by atoms with Gasteiger partial charge in [0.05, 0.1) is 25.4 Å². The number of ether oxygens (including phenoxy) is 2. The lowest BCUT2D eigenvalue weighted by molar-refractivity contribution is -0.120. The molecule has 0 unspecified atom stereocenters. The minimum absolute atomic E-state index is 0.0480. The molecule has 1 amide bonds. The number of hydrogen-bond donors (Lipinski definition) is 2. The smallest absolute Gasteiger partial charge is 0.239 e. The minimum Gasteiger partial charge on any atom is -0.489 e. The quantitative estimate of drug-likeness (QED) is 0.589. The van der Waals surface area contributed by atoms with Crippen molar-refractivity contribution in [1.82, 2.24) is 5.32 Å². The van der Waals surface area contributed by atoms with Gasteiger partial charge in [-0.3, -0.25) is 4.79 Å². The SMILES string of the molecule is COCCNC(=O)CN1CCOc2cccc(N)c21. The predicted molar refractivity (Wildman–Crippen MR) is 73.4 cm³/mol. The van der Waals surface area contributed by atoms with Crippen molar-refractivity contribution < 1.29 is 14.3 Å². The van der Waals surface area contributed by atoms with Crippen LogP contribution in [0.4, 0.5) is 11.4 Å². The third kappa shape index (κ3) is 3.29. The van der Waals surface area contributed by atoms with Gasteiger partial charge in [-0.1, -0.05) is 6.07 Å². The highest BCUT2D eigenvalue weighted by Crippen LogP contribution is 2.36. The fourth-order valence-electron chi connectivity index (χ4n) is 2.05. The molecule has 0 atom stereocenters. The van der Waals surface area contributed by atoms with Crippen molar-refractivity contribution in [2.45, 2.75) is 0 Å². The van der Waals surface area contributed by atoms with Gasteiger partial charge in [-0.25, -0.2) is 0 Å². The van der Waals surface area contributed by atoms with E-state index in [1.165, 1.54) is 0 Å². The van der Waals surface area contributed by atoms with Crippen molar-refractivity contribution in [1.29, 1.82) is 0 Å². The molecule has 2 rings (SSSR count). The van der Waals surface area contributed by atoms with Crippen LogP contribution in [0.15, 0.2) is 18.2 Å². The number of nitrogens with one attached hydrogen (secondary N) is 1. The summed E-state index contributed by atoms with van der Waals surface area (Å²) in [5.41, 5.74) is 7.38. The number of nitrogen functional groups attached to an aromatic ring is 1. The standard InChI is InChI=1S/C13H19N3O3/c1-18-7-5-15-12(17)9-16-6-8-19-11-4-2-3-10(14)13(11)16/h2-4H,5-9,14H2,1H3,(H,15,17). The predicted octanol–water partition coefficient (Wildman–Crippen LogP) is 0.230. The number of hydrogen-bond acceptors (Lipinski definition) is 5. The van der Waals surface area contributed by atoms with E-state index in [2.05, 4.69) is 5.32 Å². The lowest BCUT2D eigenvalue weighted by Gasteiger charge is -2.31. The molecule has 1 aliphatic rings. The Hall–Kier alpha value is -1.95. The molecule has 1 aromatic rings. The minimum atomic E-state index is -0.0480. The van der Waals surface area contributed by atoms with Gasteiger partial charge in [-0.05, 0) is 12.1 Å². The van der Waals surface area contributed by atoms with E-state index < -0.39 is 0 Å². The molecule has 104 valence electrons. The Morgan fingerprint density at radius 2 is 2.42 bits per heavy atom. The van der Waals surface area contributed by atoms with E-state index in [-0.39, 0.29) is 12.5 Å². The highest BCUT2D eigenvalue weighted by atomic mass is 16.5. The Kier molecular flexibility index (Phi) is 4.46. The molecule has 1 aliphatic heterocycles. The molecule has 6 heteroatoms. The molecule has 0 saturated heterocycles. The Labute approximate surface area is 112 Å². The highest BCUT2D eigenvalue weighted by Gasteiger charge is 2.22. The summed E-state index contributed by atoms with van der Waals surface area (Å²) >= 11 is 0. The summed E-state index contributed by atoms with van der Waals surface area (Å²) in [5.74, 6) is 0.684. The average molecular weight is 265 g/mol. The van der Waals surface area contributed by atoms with E-state index in [1.807, 2.05) is 23.1 Å². The molecule has 3 N–H and O–H groups in total. The van der Waals surface area contributed by atoms with Crippen LogP contribution in [0.1, 0.15) is 0 Å². The first-order valence-electron chi connectivity index (χ1n) is 6.24. The zero-order valence-electron chi connectivity index (χ0n) is 11.0. The van der Waals surface area contributed by atoms with Gasteiger partial charge in [0.1, 0.15) is 18.0 Å². The van der Waals surface area contributed by atoms with Gasteiger partial charge in [-0.15, -0.1) is 0 Å².